The van der Waals surface area contributed by atoms with Gasteiger partial charge in [-0.3, -0.25) is 34.0 Å². The minimum atomic E-state index is -0.766. The van der Waals surface area contributed by atoms with Crippen molar-refractivity contribution in [2.75, 3.05) is 68.8 Å². The van der Waals surface area contributed by atoms with Crippen LogP contribution in [0.25, 0.3) is 0 Å². The first kappa shape index (κ1) is 77.4. The van der Waals surface area contributed by atoms with Gasteiger partial charge in [-0.05, 0) is 272 Å². The van der Waals surface area contributed by atoms with Gasteiger partial charge in [0, 0.05) is 88.8 Å². The van der Waals surface area contributed by atoms with Crippen molar-refractivity contribution in [3.05, 3.63) is 59.7 Å². The number of hydrogen-bond acceptors (Lipinski definition) is 13. The molecule has 6 N–H and O–H groups in total. The van der Waals surface area contributed by atoms with E-state index in [1.807, 2.05) is 26.8 Å². The van der Waals surface area contributed by atoms with Crippen molar-refractivity contribution in [2.24, 2.45) is 0 Å². The number of carboxylic acid groups (broad SMARTS) is 2. The van der Waals surface area contributed by atoms with Crippen molar-refractivity contribution in [3.63, 3.8) is 0 Å². The lowest BCUT2D eigenvalue weighted by Gasteiger charge is -2.43. The number of rotatable bonds is 3. The Bertz CT molecular complexity index is 2340. The average molecular weight is 1220 g/mol. The van der Waals surface area contributed by atoms with Crippen LogP contribution in [0.5, 0.6) is 0 Å². The number of piperidine rings is 2. The molecule has 0 aromatic heterocycles. The molecule has 0 aliphatic carbocycles. The van der Waals surface area contributed by atoms with Gasteiger partial charge in [-0.15, -0.1) is 0 Å². The van der Waals surface area contributed by atoms with Gasteiger partial charge in [0.25, 0.3) is 5.91 Å². The second-order valence-corrected chi connectivity index (χ2v) is 32.1. The summed E-state index contributed by atoms with van der Waals surface area (Å²) in [6, 6.07) is 17.0. The zero-order valence-corrected chi connectivity index (χ0v) is 58.7. The number of para-hydroxylation sites is 2. The fourth-order valence-corrected chi connectivity index (χ4v) is 13.1. The number of likely N-dealkylation sites (tertiary alicyclic amines) is 5. The summed E-state index contributed by atoms with van der Waals surface area (Å²) < 4.78 is 0. The number of carboxylic acids is 2. The molecule has 0 spiro atoms. The Balaban J connectivity index is 0.000000266. The number of aliphatic carboxylic acids is 2. The summed E-state index contributed by atoms with van der Waals surface area (Å²) in [6.07, 6.45) is 11.9. The third-order valence-electron chi connectivity index (χ3n) is 17.7. The van der Waals surface area contributed by atoms with E-state index in [1.165, 1.54) is 48.3 Å². The van der Waals surface area contributed by atoms with Crippen LogP contribution in [-0.4, -0.2) is 207 Å². The Hall–Kier alpha value is -3.87. The molecular weight excluding hydrogens is 1090 g/mol. The Morgan fingerprint density at radius 2 is 0.851 bits per heavy atom. The third kappa shape index (κ3) is 24.7. The second-order valence-electron chi connectivity index (χ2n) is 32.1. The molecule has 500 valence electrons. The summed E-state index contributed by atoms with van der Waals surface area (Å²) in [5, 5.41) is 55.4. The van der Waals surface area contributed by atoms with Crippen molar-refractivity contribution >= 4 is 29.2 Å². The molecule has 0 saturated carbocycles. The summed E-state index contributed by atoms with van der Waals surface area (Å²) >= 11 is 0. The summed E-state index contributed by atoms with van der Waals surface area (Å²) in [6.45, 7) is 53.0. The van der Waals surface area contributed by atoms with Crippen molar-refractivity contribution in [2.45, 2.75) is 304 Å². The molecule has 16 nitrogen and oxygen atoms in total. The van der Waals surface area contributed by atoms with Gasteiger partial charge in [0.15, 0.2) is 0 Å². The van der Waals surface area contributed by atoms with Gasteiger partial charge in [-0.2, -0.15) is 0 Å². The van der Waals surface area contributed by atoms with E-state index < -0.39 is 18.0 Å². The molecule has 7 aliphatic heterocycles. The number of amides is 1. The van der Waals surface area contributed by atoms with Crippen LogP contribution in [-0.2, 0) is 27.2 Å². The van der Waals surface area contributed by atoms with Gasteiger partial charge in [-0.1, -0.05) is 36.4 Å². The molecule has 1 amide bonds. The lowest BCUT2D eigenvalue weighted by molar-refractivity contribution is -0.149. The second kappa shape index (κ2) is 32.9. The summed E-state index contributed by atoms with van der Waals surface area (Å²) in [7, 11) is 0. The number of carbonyl (C=O) groups is 3. The van der Waals surface area contributed by atoms with Gasteiger partial charge < -0.3 is 45.3 Å². The normalized spacial score (nSPS) is 24.3. The Morgan fingerprint density at radius 3 is 1.24 bits per heavy atom. The number of nitrogens with zero attached hydrogens (tertiary/aromatic N) is 7. The predicted octanol–water partition coefficient (Wildman–Crippen LogP) is 11.4. The highest BCUT2D eigenvalue weighted by molar-refractivity contribution is 5.82. The molecule has 4 unspecified atom stereocenters. The highest BCUT2D eigenvalue weighted by Gasteiger charge is 2.39. The standard InChI is InChI=1S/C13H19NO.C13H19N.3C9H17NO2.2C9H19NO/c1-13(2,3)14-9-11(15)8-10-6-4-5-7-12(10)14;1-13(2,3)14-10-6-8-11-7-4-5-9-12(11)14;1-9(2,3)10-6-4-5-7(11)8(10)12;2*1-9(2,3)10-6-4-5-7(10)8(11)12;1-9(2,3)10-6-4-5-8(10)7-11;1-9(2,3)10-6-4-5-8(11)7-10/h4-7,11,15H,8-9H2,1-3H3;4-5,7,9H,6,8,10H2,1-3H3;7,11H,4-6H2,1-3H3;2*7H,4-6H2,1-3H3,(H,11,12);2*8,11H,4-7H2,1-3H3/t;;;2*7-;;/m...10../s1. The smallest absolute Gasteiger partial charge is 0.320 e. The van der Waals surface area contributed by atoms with Gasteiger partial charge >= 0.3 is 11.9 Å². The quantitative estimate of drug-likeness (QED) is 0.170. The van der Waals surface area contributed by atoms with E-state index in [1.54, 1.807) is 4.90 Å². The van der Waals surface area contributed by atoms with Crippen molar-refractivity contribution in [1.29, 1.82) is 0 Å². The number of benzene rings is 2. The van der Waals surface area contributed by atoms with Crippen molar-refractivity contribution < 1.29 is 45.0 Å². The number of aliphatic hydroxyl groups excluding tert-OH is 4. The maximum Gasteiger partial charge on any atom is 0.320 e. The summed E-state index contributed by atoms with van der Waals surface area (Å²) in [5.74, 6) is -1.47. The molecule has 7 heterocycles. The molecule has 5 fully saturated rings. The van der Waals surface area contributed by atoms with E-state index >= 15 is 0 Å². The maximum absolute atomic E-state index is 11.4. The largest absolute Gasteiger partial charge is 0.480 e. The summed E-state index contributed by atoms with van der Waals surface area (Å²) in [5.41, 5.74) is 6.05. The number of anilines is 2. The van der Waals surface area contributed by atoms with Crippen LogP contribution in [0.15, 0.2) is 48.5 Å². The maximum atomic E-state index is 11.4. The van der Waals surface area contributed by atoms with E-state index in [-0.39, 0.29) is 69.0 Å². The number of aliphatic hydroxyl groups is 4. The lowest BCUT2D eigenvalue weighted by atomic mass is 9.94. The Morgan fingerprint density at radius 1 is 0.437 bits per heavy atom. The van der Waals surface area contributed by atoms with E-state index in [2.05, 4.69) is 196 Å². The topological polar surface area (TPSA) is 195 Å². The monoisotopic (exact) mass is 1220 g/mol. The van der Waals surface area contributed by atoms with Crippen LogP contribution >= 0.6 is 0 Å². The molecule has 0 radical (unpaired) electrons. The zero-order valence-electron chi connectivity index (χ0n) is 58.7. The molecule has 2 aromatic rings. The van der Waals surface area contributed by atoms with Crippen LogP contribution in [0, 0.1) is 0 Å². The van der Waals surface area contributed by atoms with E-state index in [4.69, 9.17) is 15.3 Å². The first-order chi connectivity index (χ1) is 39.9. The SMILES string of the molecule is CC(C)(C)N1CC(O)Cc2ccccc21.CC(C)(C)N1CCCC(O)C1.CC(C)(C)N1CCCC(O)C1=O.CC(C)(C)N1CCCC1CO.CC(C)(C)N1CCC[C@@H]1C(=O)O.CC(C)(C)N1CCC[C@H]1C(=O)O.CC(C)(C)N1CCCc2ccccc21. The molecule has 16 heteroatoms. The Kier molecular flexibility index (Phi) is 29.3. The van der Waals surface area contributed by atoms with Gasteiger partial charge in [-0.25, -0.2) is 0 Å². The van der Waals surface area contributed by atoms with Crippen LogP contribution in [0.2, 0.25) is 0 Å². The molecular formula is C71H127N7O9. The molecule has 9 rings (SSSR count). The summed E-state index contributed by atoms with van der Waals surface area (Å²) in [4.78, 5) is 48.5. The number of β-amino-alcohol motifs (C(OH)–C–C–N with tert-alkyl or cyclic N) is 2. The molecule has 2 aromatic carbocycles. The fraction of sp³-hybridized carbons (Fsp3) is 0.789. The minimum Gasteiger partial charge on any atom is -0.480 e. The van der Waals surface area contributed by atoms with Gasteiger partial charge in [0.2, 0.25) is 0 Å². The van der Waals surface area contributed by atoms with Gasteiger partial charge in [0.1, 0.15) is 18.2 Å². The van der Waals surface area contributed by atoms with Crippen LogP contribution in [0.4, 0.5) is 11.4 Å². The fourth-order valence-electron chi connectivity index (χ4n) is 13.1. The van der Waals surface area contributed by atoms with Gasteiger partial charge in [0.05, 0.1) is 18.8 Å². The van der Waals surface area contributed by atoms with E-state index in [0.29, 0.717) is 19.1 Å². The van der Waals surface area contributed by atoms with Crippen LogP contribution < -0.4 is 9.80 Å². The first-order valence-corrected chi connectivity index (χ1v) is 33.1. The number of carbonyl (C=O) groups excluding carboxylic acids is 1. The van der Waals surface area contributed by atoms with Crippen LogP contribution in [0.3, 0.4) is 0 Å². The highest BCUT2D eigenvalue weighted by atomic mass is 16.4. The first-order valence-electron chi connectivity index (χ1n) is 33.1. The highest BCUT2D eigenvalue weighted by Crippen LogP contribution is 2.35. The molecule has 5 saturated heterocycles. The molecule has 0 bridgehead atoms. The van der Waals surface area contributed by atoms with Crippen molar-refractivity contribution in [1.82, 2.24) is 24.5 Å². The predicted molar refractivity (Wildman–Crippen MR) is 359 cm³/mol. The number of aryl methyl sites for hydroxylation is 1. The molecule has 87 heavy (non-hydrogen) atoms. The van der Waals surface area contributed by atoms with E-state index in [0.717, 1.165) is 104 Å². The zero-order chi connectivity index (χ0) is 66.3. The average Bonchev–Trinajstić information content (AvgIpc) is 2.64. The third-order valence-corrected chi connectivity index (χ3v) is 17.7. The number of hydrogen-bond donors (Lipinski definition) is 6. The number of fused-ring (bicyclic) bond motifs is 2. The van der Waals surface area contributed by atoms with E-state index in [9.17, 15) is 29.7 Å². The molecule has 6 atom stereocenters. The Labute approximate surface area is 529 Å². The lowest BCUT2D eigenvalue weighted by Crippen LogP contribution is -2.53. The van der Waals surface area contributed by atoms with Crippen LogP contribution in [0.1, 0.15) is 227 Å². The molecule has 7 aliphatic rings. The minimum absolute atomic E-state index is 0.0143. The van der Waals surface area contributed by atoms with Crippen molar-refractivity contribution in [3.8, 4) is 0 Å².